The quantitative estimate of drug-likeness (QED) is 0.711. The van der Waals surface area contributed by atoms with Gasteiger partial charge in [-0.3, -0.25) is 9.59 Å². The zero-order chi connectivity index (χ0) is 12.8. The first-order valence-corrected chi connectivity index (χ1v) is 5.77. The van der Waals surface area contributed by atoms with Gasteiger partial charge in [0.25, 0.3) is 6.47 Å². The van der Waals surface area contributed by atoms with Crippen LogP contribution >= 0.6 is 0 Å². The molecule has 0 spiro atoms. The highest BCUT2D eigenvalue weighted by atomic mass is 16.5. The van der Waals surface area contributed by atoms with Crippen molar-refractivity contribution < 1.29 is 14.3 Å². The molecule has 0 aliphatic heterocycles. The summed E-state index contributed by atoms with van der Waals surface area (Å²) in [5.74, 6) is 0.905. The number of rotatable bonds is 6. The van der Waals surface area contributed by atoms with Crippen LogP contribution in [0.15, 0.2) is 18.2 Å². The van der Waals surface area contributed by atoms with Gasteiger partial charge in [0.2, 0.25) is 0 Å². The van der Waals surface area contributed by atoms with Gasteiger partial charge in [-0.2, -0.15) is 0 Å². The lowest BCUT2D eigenvalue weighted by molar-refractivity contribution is -0.122. The average molecular weight is 234 g/mol. The van der Waals surface area contributed by atoms with Crippen LogP contribution in [0, 0.1) is 12.8 Å². The Kier molecular flexibility index (Phi) is 4.88. The van der Waals surface area contributed by atoms with Crippen molar-refractivity contribution >= 4 is 12.3 Å². The van der Waals surface area contributed by atoms with E-state index < -0.39 is 0 Å². The van der Waals surface area contributed by atoms with E-state index in [1.807, 2.05) is 32.9 Å². The fourth-order valence-electron chi connectivity index (χ4n) is 1.62. The summed E-state index contributed by atoms with van der Waals surface area (Å²) in [6.07, 6.45) is 1.30. The molecule has 1 rings (SSSR count). The highest BCUT2D eigenvalue weighted by molar-refractivity contribution is 5.80. The molecule has 0 atom stereocenters. The van der Waals surface area contributed by atoms with E-state index >= 15 is 0 Å². The summed E-state index contributed by atoms with van der Waals surface area (Å²) in [5.41, 5.74) is 2.16. The Morgan fingerprint density at radius 3 is 2.65 bits per heavy atom. The van der Waals surface area contributed by atoms with E-state index in [2.05, 4.69) is 0 Å². The van der Waals surface area contributed by atoms with Crippen LogP contribution in [0.3, 0.4) is 0 Å². The fraction of sp³-hybridized carbons (Fsp3) is 0.429. The van der Waals surface area contributed by atoms with E-state index in [1.165, 1.54) is 0 Å². The Balaban J connectivity index is 2.66. The first-order valence-electron chi connectivity index (χ1n) is 5.77. The van der Waals surface area contributed by atoms with Crippen molar-refractivity contribution in [2.24, 2.45) is 5.92 Å². The van der Waals surface area contributed by atoms with Gasteiger partial charge in [0.05, 0.1) is 0 Å². The van der Waals surface area contributed by atoms with Crippen molar-refractivity contribution in [2.75, 3.05) is 0 Å². The summed E-state index contributed by atoms with van der Waals surface area (Å²) in [6.45, 7) is 6.19. The van der Waals surface area contributed by atoms with Gasteiger partial charge in [0.1, 0.15) is 11.5 Å². The zero-order valence-corrected chi connectivity index (χ0v) is 10.5. The second kappa shape index (κ2) is 6.18. The van der Waals surface area contributed by atoms with Gasteiger partial charge in [-0.1, -0.05) is 19.9 Å². The normalized spacial score (nSPS) is 10.4. The molecule has 1 aromatic rings. The Labute approximate surface area is 102 Å². The minimum Gasteiger partial charge on any atom is -0.429 e. The third-order valence-corrected chi connectivity index (χ3v) is 2.78. The predicted octanol–water partition coefficient (Wildman–Crippen LogP) is 2.69. The van der Waals surface area contributed by atoms with E-state index in [0.717, 1.165) is 17.5 Å². The van der Waals surface area contributed by atoms with E-state index in [-0.39, 0.29) is 11.7 Å². The lowest BCUT2D eigenvalue weighted by atomic mass is 9.98. The number of carbonyl (C=O) groups is 2. The third-order valence-electron chi connectivity index (χ3n) is 2.78. The first kappa shape index (κ1) is 13.4. The summed E-state index contributed by atoms with van der Waals surface area (Å²) in [5, 5.41) is 0. The molecule has 1 aromatic carbocycles. The molecular formula is C14H18O3. The van der Waals surface area contributed by atoms with E-state index in [1.54, 1.807) is 6.07 Å². The molecule has 0 unspecified atom stereocenters. The van der Waals surface area contributed by atoms with Crippen molar-refractivity contribution in [3.63, 3.8) is 0 Å². The maximum absolute atomic E-state index is 11.5. The van der Waals surface area contributed by atoms with Crippen molar-refractivity contribution in [2.45, 2.75) is 33.6 Å². The van der Waals surface area contributed by atoms with E-state index in [9.17, 15) is 9.59 Å². The molecule has 17 heavy (non-hydrogen) atoms. The predicted molar refractivity (Wildman–Crippen MR) is 66.0 cm³/mol. The molecule has 0 bridgehead atoms. The van der Waals surface area contributed by atoms with Crippen LogP contribution in [0.25, 0.3) is 0 Å². The first-order chi connectivity index (χ1) is 8.04. The van der Waals surface area contributed by atoms with Crippen LogP contribution in [0.2, 0.25) is 0 Å². The van der Waals surface area contributed by atoms with Crippen LogP contribution in [0.4, 0.5) is 0 Å². The molecule has 0 aliphatic rings. The molecule has 3 nitrogen and oxygen atoms in total. The second-order valence-electron chi connectivity index (χ2n) is 4.42. The average Bonchev–Trinajstić information content (AvgIpc) is 2.27. The number of benzene rings is 1. The molecule has 92 valence electrons. The number of ether oxygens (including phenoxy) is 1. The monoisotopic (exact) mass is 234 g/mol. The Morgan fingerprint density at radius 1 is 1.41 bits per heavy atom. The Bertz CT molecular complexity index is 408. The lowest BCUT2D eigenvalue weighted by Gasteiger charge is -2.08. The van der Waals surface area contributed by atoms with Crippen molar-refractivity contribution in [3.8, 4) is 5.75 Å². The Hall–Kier alpha value is -1.64. The zero-order valence-electron chi connectivity index (χ0n) is 10.5. The molecule has 0 aliphatic carbocycles. The number of hydrogen-bond acceptors (Lipinski definition) is 3. The number of Topliss-reactive ketones (excluding diaryl/α,β-unsaturated/α-hetero) is 1. The second-order valence-corrected chi connectivity index (χ2v) is 4.42. The molecule has 0 fully saturated rings. The summed E-state index contributed by atoms with van der Waals surface area (Å²) in [4.78, 5) is 21.7. The van der Waals surface area contributed by atoms with Crippen molar-refractivity contribution in [3.05, 3.63) is 29.3 Å². The Morgan fingerprint density at radius 2 is 2.12 bits per heavy atom. The van der Waals surface area contributed by atoms with Gasteiger partial charge in [-0.05, 0) is 36.6 Å². The van der Waals surface area contributed by atoms with Gasteiger partial charge in [0, 0.05) is 12.3 Å². The number of aryl methyl sites for hydroxylation is 2. The molecule has 0 radical (unpaired) electrons. The SMILES string of the molecule is Cc1cc(OC=O)ccc1CCC(=O)C(C)C. The van der Waals surface area contributed by atoms with Gasteiger partial charge in [-0.15, -0.1) is 0 Å². The number of ketones is 1. The molecule has 3 heteroatoms. The molecule has 0 N–H and O–H groups in total. The van der Waals surface area contributed by atoms with E-state index in [0.29, 0.717) is 18.6 Å². The highest BCUT2D eigenvalue weighted by Crippen LogP contribution is 2.18. The summed E-state index contributed by atoms with van der Waals surface area (Å²) >= 11 is 0. The van der Waals surface area contributed by atoms with E-state index in [4.69, 9.17) is 4.74 Å². The minimum absolute atomic E-state index is 0.0907. The lowest BCUT2D eigenvalue weighted by Crippen LogP contribution is -2.08. The molecule has 0 saturated carbocycles. The van der Waals surface area contributed by atoms with Gasteiger partial charge >= 0.3 is 0 Å². The maximum atomic E-state index is 11.5. The summed E-state index contributed by atoms with van der Waals surface area (Å²) in [7, 11) is 0. The summed E-state index contributed by atoms with van der Waals surface area (Å²) in [6, 6.07) is 5.46. The molecule has 0 aromatic heterocycles. The standard InChI is InChI=1S/C14H18O3/c1-10(2)14(16)7-5-12-4-6-13(17-9-15)8-11(12)3/h4,6,8-10H,5,7H2,1-3H3. The van der Waals surface area contributed by atoms with Crippen molar-refractivity contribution in [1.82, 2.24) is 0 Å². The molecule has 0 saturated heterocycles. The minimum atomic E-state index is 0.0907. The number of hydrogen-bond donors (Lipinski definition) is 0. The largest absolute Gasteiger partial charge is 0.429 e. The van der Waals surface area contributed by atoms with Gasteiger partial charge < -0.3 is 4.74 Å². The van der Waals surface area contributed by atoms with Crippen LogP contribution in [-0.2, 0) is 16.0 Å². The van der Waals surface area contributed by atoms with Crippen LogP contribution < -0.4 is 4.74 Å². The van der Waals surface area contributed by atoms with Crippen LogP contribution in [0.5, 0.6) is 5.75 Å². The number of carbonyl (C=O) groups excluding carboxylic acids is 2. The topological polar surface area (TPSA) is 43.4 Å². The fourth-order valence-corrected chi connectivity index (χ4v) is 1.62. The summed E-state index contributed by atoms with van der Waals surface area (Å²) < 4.78 is 4.76. The molecule has 0 amide bonds. The maximum Gasteiger partial charge on any atom is 0.298 e. The molecule has 0 heterocycles. The van der Waals surface area contributed by atoms with Gasteiger partial charge in [0.15, 0.2) is 0 Å². The highest BCUT2D eigenvalue weighted by Gasteiger charge is 2.08. The smallest absolute Gasteiger partial charge is 0.298 e. The molecular weight excluding hydrogens is 216 g/mol. The van der Waals surface area contributed by atoms with Crippen molar-refractivity contribution in [1.29, 1.82) is 0 Å². The van der Waals surface area contributed by atoms with Gasteiger partial charge in [-0.25, -0.2) is 0 Å². The van der Waals surface area contributed by atoms with Crippen LogP contribution in [0.1, 0.15) is 31.4 Å². The third kappa shape index (κ3) is 4.02. The van der Waals surface area contributed by atoms with Crippen LogP contribution in [-0.4, -0.2) is 12.3 Å².